The van der Waals surface area contributed by atoms with Crippen LogP contribution in [-0.2, 0) is 92.6 Å². The van der Waals surface area contributed by atoms with Crippen molar-refractivity contribution in [3.05, 3.63) is 212 Å². The molecule has 0 fully saturated rings. The molecule has 0 aliphatic heterocycles. The van der Waals surface area contributed by atoms with Crippen LogP contribution < -0.4 is 4.74 Å². The maximum absolute atomic E-state index is 12.2. The lowest BCUT2D eigenvalue weighted by Gasteiger charge is -2.15. The normalized spacial score (nSPS) is 10.3. The van der Waals surface area contributed by atoms with Gasteiger partial charge in [0.05, 0.1) is 50.4 Å². The van der Waals surface area contributed by atoms with Crippen molar-refractivity contribution in [2.24, 2.45) is 0 Å². The lowest BCUT2D eigenvalue weighted by atomic mass is 10.2. The Bertz CT molecular complexity index is 4530. The first-order valence-corrected chi connectivity index (χ1v) is 39.6. The Kier molecular flexibility index (Phi) is 68.6. The molecule has 0 aromatic heterocycles. The van der Waals surface area contributed by atoms with Crippen molar-refractivity contribution in [2.75, 3.05) is 0 Å². The summed E-state index contributed by atoms with van der Waals surface area (Å²) in [6, 6.07) is 21.9. The molecule has 17 nitrogen and oxygen atoms in total. The quantitative estimate of drug-likeness (QED) is 0.0300. The topological polar surface area (TPSA) is 300 Å². The summed E-state index contributed by atoms with van der Waals surface area (Å²) >= 11 is 3.06. The molecule has 4 rings (SSSR count). The number of hydrogen-bond acceptors (Lipinski definition) is 18. The van der Waals surface area contributed by atoms with E-state index in [1.54, 1.807) is 104 Å². The Hall–Kier alpha value is -6.69. The molecule has 4 aromatic rings. The van der Waals surface area contributed by atoms with Crippen molar-refractivity contribution in [1.82, 2.24) is 0 Å². The fourth-order valence-electron chi connectivity index (χ4n) is 5.27. The van der Waals surface area contributed by atoms with Crippen LogP contribution in [0.1, 0.15) is 136 Å². The van der Waals surface area contributed by atoms with E-state index in [0.717, 1.165) is 26.8 Å². The number of thiol groups is 1. The molecule has 0 saturated heterocycles. The van der Waals surface area contributed by atoms with Crippen LogP contribution in [0.2, 0.25) is 5.02 Å². The summed E-state index contributed by atoms with van der Waals surface area (Å²) in [5.74, 6) is 11.3. The van der Waals surface area contributed by atoms with E-state index in [1.165, 1.54) is 45.9 Å². The van der Waals surface area contributed by atoms with E-state index in [2.05, 4.69) is 161 Å². The zero-order chi connectivity index (χ0) is 78.1. The van der Waals surface area contributed by atoms with E-state index in [4.69, 9.17) is 26.4 Å². The number of sulfone groups is 4. The van der Waals surface area contributed by atoms with Gasteiger partial charge in [0.2, 0.25) is 0 Å². The number of ether oxygens (including phenoxy) is 1. The molecule has 0 heterocycles. The third kappa shape index (κ3) is 53.7. The Morgan fingerprint density at radius 2 is 0.942 bits per heavy atom. The molecule has 0 bridgehead atoms. The van der Waals surface area contributed by atoms with Crippen molar-refractivity contribution in [1.29, 1.82) is 0 Å². The molecule has 0 aliphatic carbocycles. The minimum absolute atomic E-state index is 0. The molecular weight excluding hydrogens is 1690 g/mol. The van der Waals surface area contributed by atoms with Crippen molar-refractivity contribution in [3.63, 3.8) is 0 Å². The van der Waals surface area contributed by atoms with Crippen LogP contribution in [0.15, 0.2) is 212 Å². The zero-order valence-corrected chi connectivity index (χ0v) is 66.9. The largest absolute Gasteiger partial charge is 0.768 e. The minimum Gasteiger partial charge on any atom is -0.768 e. The molecule has 4 aromatic carbocycles. The van der Waals surface area contributed by atoms with E-state index in [9.17, 15) is 73.1 Å². The van der Waals surface area contributed by atoms with Gasteiger partial charge in [0.25, 0.3) is 0 Å². The summed E-state index contributed by atoms with van der Waals surface area (Å²) in [5.41, 5.74) is 29.9. The van der Waals surface area contributed by atoms with E-state index < -0.39 is 112 Å². The molecule has 0 N–H and O–H groups in total. The molecule has 0 aliphatic rings. The van der Waals surface area contributed by atoms with Gasteiger partial charge < -0.3 is 26.8 Å². The van der Waals surface area contributed by atoms with Gasteiger partial charge in [-0.1, -0.05) is 105 Å². The Labute approximate surface area is 654 Å². The third-order valence-electron chi connectivity index (χ3n) is 10.2. The second-order valence-electron chi connectivity index (χ2n) is 18.8. The number of allylic oxidation sites excluding steroid dienone is 3. The lowest BCUT2D eigenvalue weighted by Crippen LogP contribution is -2.21. The van der Waals surface area contributed by atoms with Gasteiger partial charge in [0, 0.05) is 18.8 Å². The number of benzene rings is 4. The predicted octanol–water partition coefficient (Wildman–Crippen LogP) is 18.1. The Morgan fingerprint density at radius 3 is 1.24 bits per heavy atom. The summed E-state index contributed by atoms with van der Waals surface area (Å²) in [7, 11) is -13.2. The number of rotatable bonds is 13. The molecule has 0 spiro atoms. The molecule has 0 amide bonds. The van der Waals surface area contributed by atoms with E-state index in [-0.39, 0.29) is 60.6 Å². The van der Waals surface area contributed by atoms with Crippen LogP contribution >= 0.6 is 50.1 Å². The van der Waals surface area contributed by atoms with Crippen molar-refractivity contribution < 1.29 is 92.0 Å². The van der Waals surface area contributed by atoms with E-state index >= 15 is 0 Å². The second kappa shape index (κ2) is 61.6. The Balaban J connectivity index is -0.0000000853. The number of alkyl halides is 3. The fourth-order valence-corrected chi connectivity index (χ4v) is 11.2. The summed E-state index contributed by atoms with van der Waals surface area (Å²) in [5, 5.41) is -1.40. The molecule has 103 heavy (non-hydrogen) atoms. The van der Waals surface area contributed by atoms with Gasteiger partial charge in [-0.25, -0.2) is 33.7 Å². The van der Waals surface area contributed by atoms with Gasteiger partial charge in [-0.05, 0) is 337 Å². The van der Waals surface area contributed by atoms with Gasteiger partial charge in [-0.3, -0.25) is 12.6 Å². The average molecular weight is 1790 g/mol. The standard InChI is InChI=1S/C11H16O2S.C10H10BrF3O3S.C9H11ClO2S.C9H11IO2S.C8H8O2S.2C7H6O2S.C7H4.4CH4.HO2S.4H2/c1-8(2)14(12,13)11-6-9(3)5-10(4)7-11;1-6(2)18(15,16)9-4-3-7(11)5-8(9)17-10(12,13)14;2*1-7(2)13(11,12)9-5-3-8(10)4-6-9;1-3-5-6-7-8(4-2)11(9)10;2*1-3-4-5-6-7(2)10(8)9;1-3-5-7-6-4-2;;;;;1-3-2;;;;/h5-8H,1-4H3;3-6H,1-2H3;2*3-7H,1-2H3;1,4H2,2H3,(H,9,10);2*1H2,2H3,(H,8,9);1H,2H3;4*1H4;3H;4*1H/q;;;;;;;;;;;;-1;;;;/p-3. The van der Waals surface area contributed by atoms with Crippen LogP contribution in [0.25, 0.3) is 0 Å². The molecule has 3 atom stereocenters. The molecule has 3 unspecified atom stereocenters. The maximum atomic E-state index is 12.2. The first-order chi connectivity index (χ1) is 45.7. The number of terminal acetylenes is 1. The van der Waals surface area contributed by atoms with Gasteiger partial charge in [-0.15, -0.1) is 19.6 Å². The Morgan fingerprint density at radius 1 is 0.592 bits per heavy atom. The number of hydrogen-bond donors (Lipinski definition) is 0. The number of aryl methyl sites for hydroxylation is 2. The average Bonchev–Trinajstić information content (AvgIpc) is 0.804. The monoisotopic (exact) mass is 1780 g/mol. The van der Waals surface area contributed by atoms with Crippen molar-refractivity contribution in [3.8, 4) is 41.8 Å². The van der Waals surface area contributed by atoms with Gasteiger partial charge in [-0.2, -0.15) is 0 Å². The third-order valence-corrected chi connectivity index (χ3v) is 22.3. The van der Waals surface area contributed by atoms with E-state index in [1.807, 2.05) is 19.9 Å². The van der Waals surface area contributed by atoms with E-state index in [0.29, 0.717) is 30.6 Å². The summed E-state index contributed by atoms with van der Waals surface area (Å²) in [6.07, 6.45) is 0.240. The molecule has 0 radical (unpaired) electrons. The summed E-state index contributed by atoms with van der Waals surface area (Å²) in [6.45, 7) is 32.5. The molecular formula is C72H94BrClF3IO17S8-4. The SMILES string of the molecule is C.C.C.C.C#CC#CC#CC.C=C=C=C=C=C(C)S(=O)[O-].C=C=C=C=C=C(C)S(=O)[O-].C=C=C=C=C=C(CC)S(=O)[O-].CC(C)S(=O)(=O)c1ccc(Br)cc1OC(F)(F)F.CC(C)S(=O)(=O)c1ccc(Cl)cc1.CC(C)S(=O)(=O)c1ccc(I)cc1.Cc1cc(C)cc(S(=O)(=O)C(C)C)c1.O=[SH-]=O.[HH].[HH].[HH].[HH]. The van der Waals surface area contributed by atoms with Crippen molar-refractivity contribution >= 4 is 134 Å². The van der Waals surface area contributed by atoms with Crippen LogP contribution in [0, 0.1) is 53.4 Å². The first kappa shape index (κ1) is 115. The maximum Gasteiger partial charge on any atom is 0.573 e. The van der Waals surface area contributed by atoms with Crippen LogP contribution in [0.5, 0.6) is 5.75 Å². The van der Waals surface area contributed by atoms with Crippen molar-refractivity contribution in [2.45, 2.75) is 180 Å². The molecule has 31 heteroatoms. The zero-order valence-electron chi connectivity index (χ0n) is 55.8. The van der Waals surface area contributed by atoms with Crippen LogP contribution in [-0.4, -0.2) is 87.3 Å². The highest BCUT2D eigenvalue weighted by atomic mass is 127. The fraction of sp³-hybridized carbons (Fsp3) is 0.333. The van der Waals surface area contributed by atoms with Gasteiger partial charge in [0.15, 0.2) is 39.3 Å². The highest BCUT2D eigenvalue weighted by Crippen LogP contribution is 2.34. The highest BCUT2D eigenvalue weighted by Gasteiger charge is 2.35. The molecule has 0 saturated carbocycles. The summed E-state index contributed by atoms with van der Waals surface area (Å²) in [4.78, 5) is 1.04. The first-order valence-electron chi connectivity index (χ1n) is 27.3. The summed E-state index contributed by atoms with van der Waals surface area (Å²) < 4.78 is 213. The lowest BCUT2D eigenvalue weighted by molar-refractivity contribution is -0.275. The van der Waals surface area contributed by atoms with Gasteiger partial charge in [0.1, 0.15) is 10.6 Å². The number of halogens is 6. The van der Waals surface area contributed by atoms with Crippen LogP contribution in [0.3, 0.4) is 0 Å². The second-order valence-corrected chi connectivity index (χ2v) is 34.7. The van der Waals surface area contributed by atoms with Gasteiger partial charge >= 0.3 is 6.36 Å². The van der Waals surface area contributed by atoms with Crippen LogP contribution in [0.4, 0.5) is 13.2 Å². The smallest absolute Gasteiger partial charge is 0.573 e. The highest BCUT2D eigenvalue weighted by molar-refractivity contribution is 14.1. The molecule has 578 valence electrons. The predicted molar refractivity (Wildman–Crippen MR) is 430 cm³/mol. The minimum atomic E-state index is -4.94.